The van der Waals surface area contributed by atoms with Crippen molar-refractivity contribution in [3.63, 3.8) is 0 Å². The summed E-state index contributed by atoms with van der Waals surface area (Å²) in [6.45, 7) is 7.07. The van der Waals surface area contributed by atoms with E-state index in [1.807, 2.05) is 0 Å². The van der Waals surface area contributed by atoms with Gasteiger partial charge in [-0.3, -0.25) is 4.79 Å². The average Bonchev–Trinajstić information content (AvgIpc) is 3.42. The maximum Gasteiger partial charge on any atom is 0.410 e. The first-order valence-corrected chi connectivity index (χ1v) is 14.0. The molecule has 0 radical (unpaired) electrons. The normalized spacial score (nSPS) is 20.2. The van der Waals surface area contributed by atoms with Crippen molar-refractivity contribution in [2.75, 3.05) is 32.7 Å². The largest absolute Gasteiger partial charge is 0.444 e. The van der Waals surface area contributed by atoms with Gasteiger partial charge in [-0.25, -0.2) is 13.2 Å². The molecular formula is C23H30ClN3O5S2. The Kier molecular flexibility index (Phi) is 7.15. The van der Waals surface area contributed by atoms with Crippen LogP contribution in [0.2, 0.25) is 5.02 Å². The molecule has 0 bridgehead atoms. The van der Waals surface area contributed by atoms with Crippen molar-refractivity contribution in [1.82, 2.24) is 14.1 Å². The lowest BCUT2D eigenvalue weighted by atomic mass is 10.1. The van der Waals surface area contributed by atoms with Gasteiger partial charge >= 0.3 is 6.09 Å². The summed E-state index contributed by atoms with van der Waals surface area (Å²) >= 11 is 7.23. The van der Waals surface area contributed by atoms with Crippen molar-refractivity contribution in [2.45, 2.75) is 55.9 Å². The van der Waals surface area contributed by atoms with E-state index in [2.05, 4.69) is 0 Å². The third kappa shape index (κ3) is 5.50. The average molecular weight is 528 g/mol. The van der Waals surface area contributed by atoms with Crippen LogP contribution < -0.4 is 0 Å². The summed E-state index contributed by atoms with van der Waals surface area (Å²) < 4.78 is 35.0. The summed E-state index contributed by atoms with van der Waals surface area (Å²) in [5.74, 6) is -0.0631. The van der Waals surface area contributed by atoms with E-state index < -0.39 is 27.8 Å². The number of benzene rings is 1. The highest BCUT2D eigenvalue weighted by atomic mass is 35.5. The summed E-state index contributed by atoms with van der Waals surface area (Å²) in [5, 5.41) is 1.35. The number of rotatable bonds is 4. The summed E-state index contributed by atoms with van der Waals surface area (Å²) in [6, 6.07) is 6.32. The second-order valence-corrected chi connectivity index (χ2v) is 13.4. The molecule has 2 saturated heterocycles. The molecule has 0 saturated carbocycles. The molecule has 11 heteroatoms. The van der Waals surface area contributed by atoms with E-state index >= 15 is 0 Å². The smallest absolute Gasteiger partial charge is 0.410 e. The number of ether oxygens (including phenoxy) is 1. The van der Waals surface area contributed by atoms with Gasteiger partial charge in [0.05, 0.1) is 6.04 Å². The number of sulfonamides is 1. The van der Waals surface area contributed by atoms with Gasteiger partial charge in [0.25, 0.3) is 10.0 Å². The number of hydrogen-bond donors (Lipinski definition) is 0. The number of carbonyl (C=O) groups is 2. The minimum Gasteiger partial charge on any atom is -0.444 e. The first-order valence-electron chi connectivity index (χ1n) is 11.4. The van der Waals surface area contributed by atoms with E-state index in [0.29, 0.717) is 18.1 Å². The molecule has 2 fully saturated rings. The lowest BCUT2D eigenvalue weighted by molar-refractivity contribution is -0.131. The van der Waals surface area contributed by atoms with Crippen molar-refractivity contribution in [1.29, 1.82) is 0 Å². The van der Waals surface area contributed by atoms with Crippen LogP contribution in [-0.4, -0.2) is 78.9 Å². The molecule has 0 aliphatic carbocycles. The molecule has 2 aliphatic heterocycles. The first kappa shape index (κ1) is 25.2. The van der Waals surface area contributed by atoms with Crippen molar-refractivity contribution >= 4 is 55.0 Å². The standard InChI is InChI=1S/C23H30ClN3O5S2/c1-23(2,3)32-22(29)27-11-10-26(15-18(27)14-20(28)25-8-4-5-9-25)34(30,31)21-12-16-6-7-17(24)13-19(16)33-21/h6-7,12-13,18H,4-5,8-11,14-15H2,1-3H3. The molecule has 4 rings (SSSR count). The van der Waals surface area contributed by atoms with Crippen LogP contribution in [0.15, 0.2) is 28.5 Å². The third-order valence-electron chi connectivity index (χ3n) is 6.00. The van der Waals surface area contributed by atoms with Gasteiger partial charge in [0.2, 0.25) is 5.91 Å². The van der Waals surface area contributed by atoms with Crippen LogP contribution in [-0.2, 0) is 19.6 Å². The highest BCUT2D eigenvalue weighted by molar-refractivity contribution is 7.91. The van der Waals surface area contributed by atoms with E-state index in [1.54, 1.807) is 49.9 Å². The van der Waals surface area contributed by atoms with E-state index in [1.165, 1.54) is 20.5 Å². The number of thiophene rings is 1. The van der Waals surface area contributed by atoms with Crippen LogP contribution in [0, 0.1) is 0 Å². The number of fused-ring (bicyclic) bond motifs is 1. The fourth-order valence-corrected chi connectivity index (χ4v) is 7.61. The summed E-state index contributed by atoms with van der Waals surface area (Å²) in [4.78, 5) is 29.1. The third-order valence-corrected chi connectivity index (χ3v) is 9.64. The number of hydrogen-bond acceptors (Lipinski definition) is 6. The fraction of sp³-hybridized carbons (Fsp3) is 0.565. The molecule has 34 heavy (non-hydrogen) atoms. The van der Waals surface area contributed by atoms with E-state index in [0.717, 1.165) is 22.9 Å². The highest BCUT2D eigenvalue weighted by Gasteiger charge is 2.40. The van der Waals surface area contributed by atoms with Crippen molar-refractivity contribution in [3.05, 3.63) is 29.3 Å². The zero-order chi connectivity index (χ0) is 24.7. The lowest BCUT2D eigenvalue weighted by Crippen LogP contribution is -2.58. The van der Waals surface area contributed by atoms with Gasteiger partial charge in [-0.1, -0.05) is 17.7 Å². The number of carbonyl (C=O) groups excluding carboxylic acids is 2. The molecule has 1 atom stereocenters. The topological polar surface area (TPSA) is 87.2 Å². The highest BCUT2D eigenvalue weighted by Crippen LogP contribution is 2.34. The minimum atomic E-state index is -3.80. The van der Waals surface area contributed by atoms with Gasteiger partial charge in [0.15, 0.2) is 0 Å². The van der Waals surface area contributed by atoms with Crippen molar-refractivity contribution in [3.8, 4) is 0 Å². The number of amides is 2. The predicted molar refractivity (Wildman–Crippen MR) is 133 cm³/mol. The Morgan fingerprint density at radius 2 is 1.82 bits per heavy atom. The molecule has 8 nitrogen and oxygen atoms in total. The first-order chi connectivity index (χ1) is 15.9. The van der Waals surface area contributed by atoms with Crippen LogP contribution in [0.3, 0.4) is 0 Å². The number of halogens is 1. The fourth-order valence-electron chi connectivity index (χ4n) is 4.31. The maximum absolute atomic E-state index is 13.5. The molecule has 1 aromatic heterocycles. The summed E-state index contributed by atoms with van der Waals surface area (Å²) in [7, 11) is -3.80. The second-order valence-electron chi connectivity index (χ2n) is 9.73. The van der Waals surface area contributed by atoms with Crippen LogP contribution >= 0.6 is 22.9 Å². The number of piperazine rings is 1. The van der Waals surface area contributed by atoms with Crippen molar-refractivity contribution in [2.24, 2.45) is 0 Å². The molecule has 0 spiro atoms. The molecule has 3 heterocycles. The van der Waals surface area contributed by atoms with E-state index in [4.69, 9.17) is 16.3 Å². The summed E-state index contributed by atoms with van der Waals surface area (Å²) in [5.41, 5.74) is -0.692. The monoisotopic (exact) mass is 527 g/mol. The Morgan fingerprint density at radius 1 is 1.12 bits per heavy atom. The van der Waals surface area contributed by atoms with Gasteiger partial charge in [0, 0.05) is 48.9 Å². The van der Waals surface area contributed by atoms with Gasteiger partial charge in [-0.15, -0.1) is 11.3 Å². The van der Waals surface area contributed by atoms with Gasteiger partial charge in [-0.05, 0) is 57.2 Å². The van der Waals surface area contributed by atoms with Crippen LogP contribution in [0.4, 0.5) is 4.79 Å². The Hall–Kier alpha value is -1.88. The molecule has 1 aromatic carbocycles. The SMILES string of the molecule is CC(C)(C)OC(=O)N1CCN(S(=O)(=O)c2cc3ccc(Cl)cc3s2)CC1CC(=O)N1CCCC1. The van der Waals surface area contributed by atoms with Gasteiger partial charge in [0.1, 0.15) is 9.81 Å². The molecule has 1 unspecified atom stereocenters. The van der Waals surface area contributed by atoms with Crippen LogP contribution in [0.25, 0.3) is 10.1 Å². The predicted octanol–water partition coefficient (Wildman–Crippen LogP) is 4.18. The van der Waals surface area contributed by atoms with Crippen molar-refractivity contribution < 1.29 is 22.7 Å². The molecule has 0 N–H and O–H groups in total. The lowest BCUT2D eigenvalue weighted by Gasteiger charge is -2.41. The van der Waals surface area contributed by atoms with E-state index in [-0.39, 0.29) is 36.2 Å². The number of nitrogens with zero attached hydrogens (tertiary/aromatic N) is 3. The molecule has 186 valence electrons. The zero-order valence-electron chi connectivity index (χ0n) is 19.6. The maximum atomic E-state index is 13.5. The quantitative estimate of drug-likeness (QED) is 0.595. The Morgan fingerprint density at radius 3 is 2.50 bits per heavy atom. The minimum absolute atomic E-state index is 0.0379. The summed E-state index contributed by atoms with van der Waals surface area (Å²) in [6.07, 6.45) is 1.46. The van der Waals surface area contributed by atoms with Gasteiger partial charge < -0.3 is 14.5 Å². The van der Waals surface area contributed by atoms with Crippen LogP contribution in [0.1, 0.15) is 40.0 Å². The molecular weight excluding hydrogens is 498 g/mol. The van der Waals surface area contributed by atoms with E-state index in [9.17, 15) is 18.0 Å². The zero-order valence-corrected chi connectivity index (χ0v) is 22.0. The van der Waals surface area contributed by atoms with Gasteiger partial charge in [-0.2, -0.15) is 4.31 Å². The Balaban J connectivity index is 1.58. The Bertz CT molecular complexity index is 1180. The second kappa shape index (κ2) is 9.64. The molecule has 2 aliphatic rings. The molecule has 2 amide bonds. The Labute approximate surface area is 209 Å². The number of likely N-dealkylation sites (tertiary alicyclic amines) is 1. The molecule has 2 aromatic rings. The van der Waals surface area contributed by atoms with Crippen LogP contribution in [0.5, 0.6) is 0 Å².